The van der Waals surface area contributed by atoms with Crippen molar-refractivity contribution in [3.05, 3.63) is 17.7 Å². The maximum Gasteiger partial charge on any atom is 0.456 e. The molecule has 136 valence electrons. The van der Waals surface area contributed by atoms with Gasteiger partial charge in [-0.1, -0.05) is 0 Å². The minimum Gasteiger partial charge on any atom is -0.477 e. The highest BCUT2D eigenvalue weighted by Crippen LogP contribution is 2.36. The standard InChI is InChI=1S/C11H7F8NO4/c12-9(13,11(17,18)19)3-24-7-5(8(21)22)1-2-6(20-7)23-4-10(14,15)16/h1-2H,3-4H2,(H,21,22). The SMILES string of the molecule is O=C(O)c1ccc(OCC(F)(F)F)nc1OCC(F)(F)C(F)(F)F. The van der Waals surface area contributed by atoms with Crippen LogP contribution in [0.4, 0.5) is 35.1 Å². The van der Waals surface area contributed by atoms with Crippen LogP contribution >= 0.6 is 0 Å². The highest BCUT2D eigenvalue weighted by atomic mass is 19.4. The van der Waals surface area contributed by atoms with E-state index in [1.807, 2.05) is 0 Å². The van der Waals surface area contributed by atoms with Crippen LogP contribution in [0.25, 0.3) is 0 Å². The molecular formula is C11H7F8NO4. The second-order valence-corrected chi connectivity index (χ2v) is 4.20. The largest absolute Gasteiger partial charge is 0.477 e. The predicted molar refractivity (Wildman–Crippen MR) is 59.2 cm³/mol. The molecule has 5 nitrogen and oxygen atoms in total. The zero-order valence-corrected chi connectivity index (χ0v) is 11.2. The van der Waals surface area contributed by atoms with E-state index in [2.05, 4.69) is 14.5 Å². The molecule has 0 bridgehead atoms. The summed E-state index contributed by atoms with van der Waals surface area (Å²) < 4.78 is 106. The number of carbonyl (C=O) groups is 1. The number of pyridine rings is 1. The summed E-state index contributed by atoms with van der Waals surface area (Å²) in [5.41, 5.74) is -0.938. The Morgan fingerprint density at radius 3 is 2.04 bits per heavy atom. The van der Waals surface area contributed by atoms with Gasteiger partial charge in [0.1, 0.15) is 5.56 Å². The Balaban J connectivity index is 2.99. The summed E-state index contributed by atoms with van der Waals surface area (Å²) in [5.74, 6) is -9.25. The van der Waals surface area contributed by atoms with Crippen molar-refractivity contribution in [3.63, 3.8) is 0 Å². The number of carboxylic acid groups (broad SMARTS) is 1. The van der Waals surface area contributed by atoms with Gasteiger partial charge in [-0.3, -0.25) is 0 Å². The number of aromatic nitrogens is 1. The van der Waals surface area contributed by atoms with E-state index in [4.69, 9.17) is 5.11 Å². The second kappa shape index (κ2) is 6.65. The van der Waals surface area contributed by atoms with Crippen molar-refractivity contribution in [2.24, 2.45) is 0 Å². The van der Waals surface area contributed by atoms with Gasteiger partial charge in [0.25, 0.3) is 0 Å². The quantitative estimate of drug-likeness (QED) is 0.780. The minimum atomic E-state index is -5.97. The van der Waals surface area contributed by atoms with Gasteiger partial charge < -0.3 is 14.6 Å². The smallest absolute Gasteiger partial charge is 0.456 e. The van der Waals surface area contributed by atoms with Crippen LogP contribution in [-0.4, -0.2) is 47.5 Å². The molecule has 0 aromatic carbocycles. The molecule has 1 N–H and O–H groups in total. The number of ether oxygens (including phenoxy) is 2. The zero-order chi connectivity index (χ0) is 18.8. The van der Waals surface area contributed by atoms with Gasteiger partial charge >= 0.3 is 24.2 Å². The van der Waals surface area contributed by atoms with Crippen molar-refractivity contribution in [2.45, 2.75) is 18.3 Å². The normalized spacial score (nSPS) is 12.8. The Bertz CT molecular complexity index is 599. The first-order valence-electron chi connectivity index (χ1n) is 5.74. The van der Waals surface area contributed by atoms with Crippen LogP contribution in [0, 0.1) is 0 Å². The summed E-state index contributed by atoms with van der Waals surface area (Å²) in [7, 11) is 0. The predicted octanol–water partition coefficient (Wildman–Crippen LogP) is 3.30. The highest BCUT2D eigenvalue weighted by Gasteiger charge is 2.58. The fourth-order valence-corrected chi connectivity index (χ4v) is 1.17. The lowest BCUT2D eigenvalue weighted by molar-refractivity contribution is -0.290. The summed E-state index contributed by atoms with van der Waals surface area (Å²) in [4.78, 5) is 13.9. The summed E-state index contributed by atoms with van der Waals surface area (Å²) >= 11 is 0. The first-order valence-corrected chi connectivity index (χ1v) is 5.74. The number of hydrogen-bond donors (Lipinski definition) is 1. The van der Waals surface area contributed by atoms with Gasteiger partial charge in [0.15, 0.2) is 13.2 Å². The Hall–Kier alpha value is -2.34. The molecule has 1 rings (SSSR count). The second-order valence-electron chi connectivity index (χ2n) is 4.20. The summed E-state index contributed by atoms with van der Waals surface area (Å²) in [6, 6.07) is 1.24. The number of alkyl halides is 8. The molecule has 13 heteroatoms. The van der Waals surface area contributed by atoms with Crippen LogP contribution in [0.15, 0.2) is 12.1 Å². The third kappa shape index (κ3) is 5.38. The van der Waals surface area contributed by atoms with Gasteiger partial charge in [0.2, 0.25) is 11.8 Å². The van der Waals surface area contributed by atoms with Crippen molar-refractivity contribution in [3.8, 4) is 11.8 Å². The molecule has 0 unspecified atom stereocenters. The molecule has 0 saturated heterocycles. The van der Waals surface area contributed by atoms with E-state index in [-0.39, 0.29) is 0 Å². The molecule has 0 saturated carbocycles. The first kappa shape index (κ1) is 19.7. The molecule has 0 amide bonds. The van der Waals surface area contributed by atoms with E-state index in [0.717, 1.165) is 0 Å². The van der Waals surface area contributed by atoms with Gasteiger partial charge in [-0.15, -0.1) is 0 Å². The monoisotopic (exact) mass is 369 g/mol. The number of nitrogens with zero attached hydrogens (tertiary/aromatic N) is 1. The molecule has 0 aliphatic heterocycles. The first-order chi connectivity index (χ1) is 10.7. The minimum absolute atomic E-state index is 0.585. The van der Waals surface area contributed by atoms with Crippen LogP contribution in [0.2, 0.25) is 0 Å². The van der Waals surface area contributed by atoms with E-state index in [0.29, 0.717) is 12.1 Å². The summed E-state index contributed by atoms with van der Waals surface area (Å²) in [6.07, 6.45) is -10.8. The van der Waals surface area contributed by atoms with E-state index < -0.39 is 54.8 Å². The van der Waals surface area contributed by atoms with Crippen LogP contribution in [0.3, 0.4) is 0 Å². The average molecular weight is 369 g/mol. The Morgan fingerprint density at radius 2 is 1.58 bits per heavy atom. The van der Waals surface area contributed by atoms with Gasteiger partial charge in [0.05, 0.1) is 0 Å². The van der Waals surface area contributed by atoms with Crippen LogP contribution in [0.5, 0.6) is 11.8 Å². The Kier molecular flexibility index (Phi) is 5.46. The third-order valence-electron chi connectivity index (χ3n) is 2.25. The van der Waals surface area contributed by atoms with Gasteiger partial charge in [-0.25, -0.2) is 4.79 Å². The number of aromatic carboxylic acids is 1. The highest BCUT2D eigenvalue weighted by molar-refractivity contribution is 5.90. The summed E-state index contributed by atoms with van der Waals surface area (Å²) in [5, 5.41) is 8.75. The molecule has 0 fully saturated rings. The van der Waals surface area contributed by atoms with E-state index in [9.17, 15) is 39.9 Å². The van der Waals surface area contributed by atoms with Crippen molar-refractivity contribution < 1.29 is 54.5 Å². The lowest BCUT2D eigenvalue weighted by Gasteiger charge is -2.20. The lowest BCUT2D eigenvalue weighted by atomic mass is 10.2. The molecule has 0 spiro atoms. The maximum absolute atomic E-state index is 12.7. The molecule has 1 aromatic rings. The van der Waals surface area contributed by atoms with E-state index in [1.54, 1.807) is 0 Å². The lowest BCUT2D eigenvalue weighted by Crippen LogP contribution is -2.42. The molecule has 1 heterocycles. The molecule has 1 aromatic heterocycles. The number of rotatable bonds is 6. The zero-order valence-electron chi connectivity index (χ0n) is 11.2. The van der Waals surface area contributed by atoms with E-state index in [1.165, 1.54) is 0 Å². The van der Waals surface area contributed by atoms with Gasteiger partial charge in [-0.05, 0) is 6.07 Å². The van der Waals surface area contributed by atoms with Crippen molar-refractivity contribution in [2.75, 3.05) is 13.2 Å². The molecule has 0 atom stereocenters. The average Bonchev–Trinajstić information content (AvgIpc) is 2.40. The van der Waals surface area contributed by atoms with Gasteiger partial charge in [-0.2, -0.15) is 40.1 Å². The maximum atomic E-state index is 12.7. The third-order valence-corrected chi connectivity index (χ3v) is 2.25. The summed E-state index contributed by atoms with van der Waals surface area (Å²) in [6.45, 7) is -4.16. The van der Waals surface area contributed by atoms with Crippen LogP contribution in [-0.2, 0) is 0 Å². The molecule has 0 aliphatic carbocycles. The fourth-order valence-electron chi connectivity index (χ4n) is 1.17. The number of halogens is 8. The molecule has 0 aliphatic rings. The Labute approximate surface area is 127 Å². The fraction of sp³-hybridized carbons (Fsp3) is 0.455. The van der Waals surface area contributed by atoms with Crippen LogP contribution in [0.1, 0.15) is 10.4 Å². The number of hydrogen-bond acceptors (Lipinski definition) is 4. The van der Waals surface area contributed by atoms with E-state index >= 15 is 0 Å². The molecular weight excluding hydrogens is 362 g/mol. The number of carboxylic acids is 1. The van der Waals surface area contributed by atoms with Crippen molar-refractivity contribution in [1.29, 1.82) is 0 Å². The van der Waals surface area contributed by atoms with Gasteiger partial charge in [0, 0.05) is 6.07 Å². The topological polar surface area (TPSA) is 68.7 Å². The van der Waals surface area contributed by atoms with Crippen molar-refractivity contribution >= 4 is 5.97 Å². The Morgan fingerprint density at radius 1 is 1.00 bits per heavy atom. The molecule has 24 heavy (non-hydrogen) atoms. The molecule has 0 radical (unpaired) electrons. The van der Waals surface area contributed by atoms with Crippen LogP contribution < -0.4 is 9.47 Å². The van der Waals surface area contributed by atoms with Crippen molar-refractivity contribution in [1.82, 2.24) is 4.98 Å².